The monoisotopic (exact) mass is 212 g/mol. The summed E-state index contributed by atoms with van der Waals surface area (Å²) in [5.41, 5.74) is -1.98. The fourth-order valence-electron chi connectivity index (χ4n) is 1.15. The quantitative estimate of drug-likeness (QED) is 0.680. The van der Waals surface area contributed by atoms with E-state index in [2.05, 4.69) is 14.5 Å². The predicted octanol–water partition coefficient (Wildman–Crippen LogP) is 0.940. The Balaban J connectivity index is 3.07. The van der Waals surface area contributed by atoms with Gasteiger partial charge in [-0.3, -0.25) is 0 Å². The number of halogens is 1. The second kappa shape index (κ2) is 3.60. The van der Waals surface area contributed by atoms with E-state index in [1.165, 1.54) is 0 Å². The number of rotatable bonds is 2. The lowest BCUT2D eigenvalue weighted by Crippen LogP contribution is -2.48. The van der Waals surface area contributed by atoms with Crippen molar-refractivity contribution in [1.29, 1.82) is 10.5 Å². The molecule has 1 aliphatic rings. The number of carbonyl (C=O) groups is 1. The van der Waals surface area contributed by atoms with Crippen molar-refractivity contribution in [3.8, 4) is 12.1 Å². The molecule has 0 amide bonds. The minimum absolute atomic E-state index is 0.356. The number of nitrogens with zero attached hydrogens (tertiary/aromatic N) is 4. The first-order valence-corrected chi connectivity index (χ1v) is 3.98. The molecule has 72 valence electrons. The second-order valence-corrected chi connectivity index (χ2v) is 2.97. The fourth-order valence-corrected chi connectivity index (χ4v) is 1.27. The summed E-state index contributed by atoms with van der Waals surface area (Å²) in [6.07, 6.45) is 0. The number of hydrogen-bond donors (Lipinski definition) is 0. The van der Waals surface area contributed by atoms with E-state index in [9.17, 15) is 4.79 Å². The van der Waals surface area contributed by atoms with E-state index in [0.29, 0.717) is 0 Å². The van der Waals surface area contributed by atoms with Crippen LogP contribution in [0.25, 0.3) is 0 Å². The van der Waals surface area contributed by atoms with Crippen LogP contribution in [0.4, 0.5) is 0 Å². The van der Waals surface area contributed by atoms with Crippen LogP contribution in [0.1, 0.15) is 6.92 Å². The Morgan fingerprint density at radius 3 is 2.29 bits per heavy atom. The Morgan fingerprint density at radius 1 is 1.50 bits per heavy atom. The lowest BCUT2D eigenvalue weighted by molar-refractivity contribution is -0.141. The molecule has 0 saturated heterocycles. The van der Waals surface area contributed by atoms with Crippen LogP contribution in [0.5, 0.6) is 0 Å². The zero-order valence-electron chi connectivity index (χ0n) is 7.14. The Bertz CT molecular complexity index is 353. The highest BCUT2D eigenvalue weighted by Crippen LogP contribution is 2.34. The zero-order chi connectivity index (χ0) is 10.8. The average Bonchev–Trinajstić information content (AvgIpc) is 2.22. The van der Waals surface area contributed by atoms with E-state index in [4.69, 9.17) is 22.4 Å². The van der Waals surface area contributed by atoms with Crippen LogP contribution in [0, 0.1) is 28.1 Å². The average molecular weight is 213 g/mol. The number of azo groups is 1. The van der Waals surface area contributed by atoms with Gasteiger partial charge in [-0.15, -0.1) is 0 Å². The maximum atomic E-state index is 11.2. The first-order valence-electron chi connectivity index (χ1n) is 3.68. The molecule has 0 N–H and O–H groups in total. The van der Waals surface area contributed by atoms with Gasteiger partial charge >= 0.3 is 5.97 Å². The molecule has 7 heteroatoms. The van der Waals surface area contributed by atoms with Crippen LogP contribution in [-0.2, 0) is 9.08 Å². The molecule has 0 bridgehead atoms. The predicted molar refractivity (Wildman–Crippen MR) is 43.7 cm³/mol. The molecule has 1 aliphatic heterocycles. The molecule has 2 atom stereocenters. The fraction of sp³-hybridized carbons (Fsp3) is 0.571. The van der Waals surface area contributed by atoms with E-state index in [-0.39, 0.29) is 6.04 Å². The number of nitriles is 2. The van der Waals surface area contributed by atoms with E-state index in [1.54, 1.807) is 19.1 Å². The molecule has 2 unspecified atom stereocenters. The molecule has 14 heavy (non-hydrogen) atoms. The van der Waals surface area contributed by atoms with E-state index < -0.39 is 17.4 Å². The van der Waals surface area contributed by atoms with E-state index in [1.807, 2.05) is 0 Å². The molecule has 0 aromatic carbocycles. The normalized spacial score (nSPS) is 24.3. The smallest absolute Gasteiger partial charge is 0.345 e. The third-order valence-electron chi connectivity index (χ3n) is 2.02. The Labute approximate surface area is 84.9 Å². The molecule has 1 heterocycles. The zero-order valence-corrected chi connectivity index (χ0v) is 7.89. The standard InChI is InChI=1S/C7H5ClN4O2/c1-4-5(12-11-4)7(2-9,3-10)6(13)14-8/h4-5H,1H3. The number of hydrogen-bond acceptors (Lipinski definition) is 6. The first kappa shape index (κ1) is 10.4. The van der Waals surface area contributed by atoms with Crippen LogP contribution >= 0.6 is 11.9 Å². The molecule has 0 radical (unpaired) electrons. The second-order valence-electron chi connectivity index (χ2n) is 2.81. The van der Waals surface area contributed by atoms with Gasteiger partial charge in [0.2, 0.25) is 0 Å². The van der Waals surface area contributed by atoms with Gasteiger partial charge in [-0.1, -0.05) is 0 Å². The van der Waals surface area contributed by atoms with Crippen LogP contribution < -0.4 is 0 Å². The third kappa shape index (κ3) is 1.21. The maximum absolute atomic E-state index is 11.2. The van der Waals surface area contributed by atoms with Crippen molar-refractivity contribution >= 4 is 17.8 Å². The van der Waals surface area contributed by atoms with Gasteiger partial charge in [-0.2, -0.15) is 20.8 Å². The molecule has 0 aliphatic carbocycles. The highest BCUT2D eigenvalue weighted by atomic mass is 35.5. The van der Waals surface area contributed by atoms with Gasteiger partial charge < -0.3 is 4.29 Å². The highest BCUT2D eigenvalue weighted by Gasteiger charge is 2.55. The van der Waals surface area contributed by atoms with Gasteiger partial charge in [0.15, 0.2) is 0 Å². The van der Waals surface area contributed by atoms with Gasteiger partial charge in [0.1, 0.15) is 17.9 Å². The molecular weight excluding hydrogens is 208 g/mol. The summed E-state index contributed by atoms with van der Waals surface area (Å²) in [5, 5.41) is 24.8. The van der Waals surface area contributed by atoms with Gasteiger partial charge in [0.05, 0.1) is 18.2 Å². The largest absolute Gasteiger partial charge is 0.361 e. The van der Waals surface area contributed by atoms with Crippen LogP contribution in [0.2, 0.25) is 0 Å². The van der Waals surface area contributed by atoms with Gasteiger partial charge in [0, 0.05) is 0 Å². The molecule has 0 aromatic heterocycles. The lowest BCUT2D eigenvalue weighted by Gasteiger charge is -2.29. The Kier molecular flexibility index (Phi) is 2.68. The third-order valence-corrected chi connectivity index (χ3v) is 2.16. The summed E-state index contributed by atoms with van der Waals surface area (Å²) >= 11 is 4.84. The van der Waals surface area contributed by atoms with Crippen LogP contribution in [0.15, 0.2) is 10.2 Å². The molecular formula is C7H5ClN4O2. The molecule has 6 nitrogen and oxygen atoms in total. The SMILES string of the molecule is CC1N=NC1C(C#N)(C#N)C(=O)OCl. The lowest BCUT2D eigenvalue weighted by atomic mass is 9.79. The Morgan fingerprint density at radius 2 is 2.07 bits per heavy atom. The van der Waals surface area contributed by atoms with Gasteiger partial charge in [-0.25, -0.2) is 4.79 Å². The van der Waals surface area contributed by atoms with Crippen molar-refractivity contribution in [3.05, 3.63) is 0 Å². The molecule has 0 spiro atoms. The summed E-state index contributed by atoms with van der Waals surface area (Å²) in [7, 11) is 0. The van der Waals surface area contributed by atoms with Crippen molar-refractivity contribution in [2.45, 2.75) is 19.0 Å². The molecule has 0 fully saturated rings. The van der Waals surface area contributed by atoms with E-state index >= 15 is 0 Å². The molecule has 0 saturated carbocycles. The van der Waals surface area contributed by atoms with Gasteiger partial charge in [-0.05, 0) is 6.92 Å². The number of carbonyl (C=O) groups excluding carboxylic acids is 1. The van der Waals surface area contributed by atoms with Gasteiger partial charge in [0.25, 0.3) is 5.41 Å². The van der Waals surface area contributed by atoms with E-state index in [0.717, 1.165) is 0 Å². The minimum atomic E-state index is -1.98. The summed E-state index contributed by atoms with van der Waals surface area (Å²) in [6.45, 7) is 1.64. The van der Waals surface area contributed by atoms with Crippen LogP contribution in [0.3, 0.4) is 0 Å². The highest BCUT2D eigenvalue weighted by molar-refractivity contribution is 6.14. The van der Waals surface area contributed by atoms with Crippen LogP contribution in [-0.4, -0.2) is 18.1 Å². The summed E-state index contributed by atoms with van der Waals surface area (Å²) in [5.74, 6) is -1.11. The summed E-state index contributed by atoms with van der Waals surface area (Å²) in [6, 6.07) is 1.99. The summed E-state index contributed by atoms with van der Waals surface area (Å²) in [4.78, 5) is 11.2. The van der Waals surface area contributed by atoms with Crippen molar-refractivity contribution < 1.29 is 9.08 Å². The first-order chi connectivity index (χ1) is 6.62. The van der Waals surface area contributed by atoms with Crippen molar-refractivity contribution in [3.63, 3.8) is 0 Å². The van der Waals surface area contributed by atoms with Crippen molar-refractivity contribution in [1.82, 2.24) is 0 Å². The maximum Gasteiger partial charge on any atom is 0.361 e. The van der Waals surface area contributed by atoms with Crippen molar-refractivity contribution in [2.75, 3.05) is 0 Å². The molecule has 1 rings (SSSR count). The topological polar surface area (TPSA) is 98.6 Å². The summed E-state index contributed by atoms with van der Waals surface area (Å²) < 4.78 is 3.89. The van der Waals surface area contributed by atoms with Crippen molar-refractivity contribution in [2.24, 2.45) is 15.6 Å². The minimum Gasteiger partial charge on any atom is -0.345 e. The Hall–Kier alpha value is -1.66. The molecule has 0 aromatic rings.